The van der Waals surface area contributed by atoms with Crippen LogP contribution in [0.5, 0.6) is 0 Å². The zero-order valence-corrected chi connectivity index (χ0v) is 10.6. The first-order valence-corrected chi connectivity index (χ1v) is 6.92. The van der Waals surface area contributed by atoms with Gasteiger partial charge < -0.3 is 15.0 Å². The third-order valence-electron chi connectivity index (χ3n) is 3.83. The van der Waals surface area contributed by atoms with Crippen LogP contribution < -0.4 is 5.32 Å². The predicted molar refractivity (Wildman–Crippen MR) is 66.7 cm³/mol. The molecule has 2 rings (SSSR count). The summed E-state index contributed by atoms with van der Waals surface area (Å²) in [6, 6.07) is 0.701. The van der Waals surface area contributed by atoms with Gasteiger partial charge in [-0.25, -0.2) is 0 Å². The first kappa shape index (κ1) is 12.3. The Morgan fingerprint density at radius 3 is 3.06 bits per heavy atom. The molecule has 0 aromatic rings. The molecule has 16 heavy (non-hydrogen) atoms. The van der Waals surface area contributed by atoms with E-state index in [2.05, 4.69) is 17.1 Å². The van der Waals surface area contributed by atoms with Gasteiger partial charge in [-0.15, -0.1) is 0 Å². The van der Waals surface area contributed by atoms with E-state index < -0.39 is 0 Å². The van der Waals surface area contributed by atoms with E-state index >= 15 is 0 Å². The molecule has 2 heterocycles. The van der Waals surface area contributed by atoms with Crippen molar-refractivity contribution >= 4 is 0 Å². The summed E-state index contributed by atoms with van der Waals surface area (Å²) in [5.74, 6) is 0.782. The van der Waals surface area contributed by atoms with Crippen molar-refractivity contribution in [1.29, 1.82) is 0 Å². The highest BCUT2D eigenvalue weighted by molar-refractivity contribution is 4.77. The Hall–Kier alpha value is -0.120. The number of nitrogens with zero attached hydrogens (tertiary/aromatic N) is 1. The average molecular weight is 226 g/mol. The Morgan fingerprint density at radius 2 is 2.31 bits per heavy atom. The maximum atomic E-state index is 5.57. The summed E-state index contributed by atoms with van der Waals surface area (Å²) >= 11 is 0. The summed E-state index contributed by atoms with van der Waals surface area (Å²) in [5.41, 5.74) is 0. The predicted octanol–water partition coefficient (Wildman–Crippen LogP) is 1.49. The molecule has 2 saturated heterocycles. The van der Waals surface area contributed by atoms with Crippen molar-refractivity contribution in [2.45, 2.75) is 38.6 Å². The largest absolute Gasteiger partial charge is 0.381 e. The fourth-order valence-corrected chi connectivity index (χ4v) is 2.83. The molecule has 0 aliphatic carbocycles. The van der Waals surface area contributed by atoms with Gasteiger partial charge in [0.25, 0.3) is 0 Å². The Bertz CT molecular complexity index is 192. The molecule has 0 amide bonds. The number of rotatable bonds is 3. The number of hydrogen-bond donors (Lipinski definition) is 1. The van der Waals surface area contributed by atoms with Crippen LogP contribution in [-0.2, 0) is 4.74 Å². The van der Waals surface area contributed by atoms with E-state index in [1.807, 2.05) is 0 Å². The molecule has 2 aliphatic heterocycles. The van der Waals surface area contributed by atoms with Crippen molar-refractivity contribution in [3.8, 4) is 0 Å². The maximum Gasteiger partial charge on any atom is 0.0506 e. The highest BCUT2D eigenvalue weighted by atomic mass is 16.5. The molecule has 2 fully saturated rings. The highest BCUT2D eigenvalue weighted by Gasteiger charge is 2.21. The Balaban J connectivity index is 1.77. The van der Waals surface area contributed by atoms with Gasteiger partial charge in [-0.1, -0.05) is 6.92 Å². The molecular formula is C13H26N2O. The molecule has 94 valence electrons. The van der Waals surface area contributed by atoms with Crippen LogP contribution in [-0.4, -0.2) is 50.3 Å². The van der Waals surface area contributed by atoms with E-state index in [9.17, 15) is 0 Å². The Kier molecular flexibility index (Phi) is 5.07. The monoisotopic (exact) mass is 226 g/mol. The normalized spacial score (nSPS) is 33.6. The Morgan fingerprint density at radius 1 is 1.38 bits per heavy atom. The minimum Gasteiger partial charge on any atom is -0.381 e. The number of ether oxygens (including phenoxy) is 1. The molecule has 1 N–H and O–H groups in total. The topological polar surface area (TPSA) is 24.5 Å². The summed E-state index contributed by atoms with van der Waals surface area (Å²) in [7, 11) is 0. The van der Waals surface area contributed by atoms with Gasteiger partial charge in [0.15, 0.2) is 0 Å². The minimum atomic E-state index is 0.701. The van der Waals surface area contributed by atoms with Gasteiger partial charge in [0.2, 0.25) is 0 Å². The lowest BCUT2D eigenvalue weighted by atomic mass is 10.0. The quantitative estimate of drug-likeness (QED) is 0.789. The van der Waals surface area contributed by atoms with Crippen molar-refractivity contribution in [2.24, 2.45) is 5.92 Å². The fourth-order valence-electron chi connectivity index (χ4n) is 2.83. The summed E-state index contributed by atoms with van der Waals surface area (Å²) in [5, 5.41) is 3.63. The summed E-state index contributed by atoms with van der Waals surface area (Å²) in [6.45, 7) is 9.18. The molecule has 3 nitrogen and oxygen atoms in total. The van der Waals surface area contributed by atoms with Crippen LogP contribution >= 0.6 is 0 Å². The lowest BCUT2D eigenvalue weighted by Gasteiger charge is -2.30. The van der Waals surface area contributed by atoms with E-state index in [4.69, 9.17) is 4.74 Å². The second-order valence-corrected chi connectivity index (χ2v) is 5.26. The van der Waals surface area contributed by atoms with E-state index in [1.165, 1.54) is 51.9 Å². The van der Waals surface area contributed by atoms with Gasteiger partial charge in [0.05, 0.1) is 6.61 Å². The minimum absolute atomic E-state index is 0.701. The number of nitrogens with one attached hydrogen (secondary N) is 1. The molecule has 0 aromatic heterocycles. The standard InChI is InChI=1S/C13H26N2O/c1-2-13-10-15(7-4-6-14-13)9-12-5-3-8-16-11-12/h12-14H,2-11H2,1H3. The Labute approximate surface area is 99.5 Å². The second kappa shape index (κ2) is 6.58. The first-order chi connectivity index (χ1) is 7.88. The zero-order chi connectivity index (χ0) is 11.2. The third-order valence-corrected chi connectivity index (χ3v) is 3.83. The van der Waals surface area contributed by atoms with Gasteiger partial charge in [-0.2, -0.15) is 0 Å². The molecule has 0 bridgehead atoms. The SMILES string of the molecule is CCC1CN(CC2CCCOC2)CCCN1. The van der Waals surface area contributed by atoms with Crippen LogP contribution in [0.2, 0.25) is 0 Å². The summed E-state index contributed by atoms with van der Waals surface area (Å²) in [6.07, 6.45) is 5.16. The smallest absolute Gasteiger partial charge is 0.0506 e. The van der Waals surface area contributed by atoms with Crippen LogP contribution in [0.15, 0.2) is 0 Å². The summed E-state index contributed by atoms with van der Waals surface area (Å²) in [4.78, 5) is 2.65. The van der Waals surface area contributed by atoms with Gasteiger partial charge in [0.1, 0.15) is 0 Å². The van der Waals surface area contributed by atoms with Crippen LogP contribution in [0, 0.1) is 5.92 Å². The molecule has 0 aromatic carbocycles. The molecular weight excluding hydrogens is 200 g/mol. The zero-order valence-electron chi connectivity index (χ0n) is 10.6. The van der Waals surface area contributed by atoms with E-state index in [0.717, 1.165) is 19.1 Å². The highest BCUT2D eigenvalue weighted by Crippen LogP contribution is 2.16. The van der Waals surface area contributed by atoms with Gasteiger partial charge >= 0.3 is 0 Å². The van der Waals surface area contributed by atoms with Crippen LogP contribution in [0.25, 0.3) is 0 Å². The lowest BCUT2D eigenvalue weighted by Crippen LogP contribution is -2.40. The van der Waals surface area contributed by atoms with Crippen molar-refractivity contribution < 1.29 is 4.74 Å². The summed E-state index contributed by atoms with van der Waals surface area (Å²) < 4.78 is 5.57. The molecule has 0 radical (unpaired) electrons. The van der Waals surface area contributed by atoms with E-state index in [0.29, 0.717) is 6.04 Å². The third kappa shape index (κ3) is 3.72. The van der Waals surface area contributed by atoms with Gasteiger partial charge in [-0.05, 0) is 44.7 Å². The fraction of sp³-hybridized carbons (Fsp3) is 1.00. The molecule has 2 aliphatic rings. The number of hydrogen-bond acceptors (Lipinski definition) is 3. The van der Waals surface area contributed by atoms with Crippen LogP contribution in [0.4, 0.5) is 0 Å². The lowest BCUT2D eigenvalue weighted by molar-refractivity contribution is 0.0382. The molecule has 0 spiro atoms. The first-order valence-electron chi connectivity index (χ1n) is 6.92. The average Bonchev–Trinajstić information content (AvgIpc) is 2.55. The van der Waals surface area contributed by atoms with E-state index in [-0.39, 0.29) is 0 Å². The molecule has 0 saturated carbocycles. The molecule has 3 heteroatoms. The molecule has 2 atom stereocenters. The van der Waals surface area contributed by atoms with Crippen molar-refractivity contribution in [2.75, 3.05) is 39.4 Å². The second-order valence-electron chi connectivity index (χ2n) is 5.26. The maximum absolute atomic E-state index is 5.57. The van der Waals surface area contributed by atoms with Crippen LogP contribution in [0.1, 0.15) is 32.6 Å². The van der Waals surface area contributed by atoms with Crippen molar-refractivity contribution in [3.05, 3.63) is 0 Å². The van der Waals surface area contributed by atoms with Crippen LogP contribution in [0.3, 0.4) is 0 Å². The van der Waals surface area contributed by atoms with Crippen molar-refractivity contribution in [3.63, 3.8) is 0 Å². The van der Waals surface area contributed by atoms with Gasteiger partial charge in [-0.3, -0.25) is 0 Å². The van der Waals surface area contributed by atoms with Gasteiger partial charge in [0, 0.05) is 25.7 Å². The molecule has 2 unspecified atom stereocenters. The van der Waals surface area contributed by atoms with Crippen molar-refractivity contribution in [1.82, 2.24) is 10.2 Å². The van der Waals surface area contributed by atoms with E-state index in [1.54, 1.807) is 0 Å².